The van der Waals surface area contributed by atoms with E-state index in [1.54, 1.807) is 31.2 Å². The lowest BCUT2D eigenvalue weighted by Gasteiger charge is -2.71. The van der Waals surface area contributed by atoms with Crippen LogP contribution in [-0.2, 0) is 71.3 Å². The average Bonchev–Trinajstić information content (AvgIpc) is 0.676. The third-order valence-electron chi connectivity index (χ3n) is 24.9. The molecule has 5 unspecified atom stereocenters. The summed E-state index contributed by atoms with van der Waals surface area (Å²) in [6.07, 6.45) is -38.5. The van der Waals surface area contributed by atoms with Crippen LogP contribution in [0.5, 0.6) is 5.75 Å². The molecule has 0 radical (unpaired) electrons. The number of carbonyl (C=O) groups is 4. The normalized spacial score (nSPS) is 49.7. The van der Waals surface area contributed by atoms with Crippen molar-refractivity contribution in [2.45, 2.75) is 272 Å². The van der Waals surface area contributed by atoms with E-state index < -0.39 is 248 Å². The Morgan fingerprint density at radius 2 is 1.14 bits per heavy atom. The van der Waals surface area contributed by atoms with E-state index in [-0.39, 0.29) is 25.2 Å². The van der Waals surface area contributed by atoms with Crippen LogP contribution in [0.2, 0.25) is 0 Å². The molecule has 10 aliphatic rings. The molecule has 31 heteroatoms. The third kappa shape index (κ3) is 14.0. The Hall–Kier alpha value is -4.34. The van der Waals surface area contributed by atoms with E-state index in [1.165, 1.54) is 27.0 Å². The maximum Gasteiger partial charge on any atom is 0.335 e. The highest BCUT2D eigenvalue weighted by Crippen LogP contribution is 2.75. The fraction of sp³-hybridized carbons (Fsp3) is 0.800. The Labute approximate surface area is 583 Å². The molecule has 101 heavy (non-hydrogen) atoms. The molecule has 568 valence electrons. The molecule has 9 fully saturated rings. The molecular weight excluding hydrogens is 1340 g/mol. The first kappa shape index (κ1) is 77.8. The molecule has 11 rings (SSSR count). The highest BCUT2D eigenvalue weighted by molar-refractivity contribution is 5.87. The van der Waals surface area contributed by atoms with Gasteiger partial charge in [0.2, 0.25) is 6.29 Å². The van der Waals surface area contributed by atoms with Gasteiger partial charge >= 0.3 is 17.9 Å². The lowest BCUT2D eigenvalue weighted by Crippen LogP contribution is -2.68. The van der Waals surface area contributed by atoms with E-state index in [1.807, 2.05) is 13.8 Å². The van der Waals surface area contributed by atoms with Gasteiger partial charge in [0.1, 0.15) is 104 Å². The second kappa shape index (κ2) is 29.8. The number of hydrogen-bond acceptors (Lipinski definition) is 30. The SMILES string of the molecule is COc1ccc(/C=C/C(=O)O[C@H]2[C@@H](O)[C@H](O[C@@H]3O[C@@H](C)[C@H](O)[C@@H](O)[C@H]3O[C@@H]3O[C@H](CO)[C@@H](O)[C@H](O)[C@H]3O)[C@@H](OC(=O)C3CC(C)(C)CC4C5=CCC6[C@@]7(C)CC[C@H](O[C@@H]8O[C@H](C(=O)O)[C@@H](O)[C@H](O)[C@H]8O[C@@H]8O[C@H](CO)[C@H](O)[C@H](O)[C@H]8O)[C@@](C)(C=O)C7CC[C@@]6(C)[C@]5(C)C[C@@H](O)C34)O[C@H]2C)cc1. The Kier molecular flexibility index (Phi) is 22.9. The highest BCUT2D eigenvalue weighted by Gasteiger charge is 2.71. The summed E-state index contributed by atoms with van der Waals surface area (Å²) in [4.78, 5) is 55.6. The number of aliphatic hydroxyl groups excluding tert-OH is 14. The second-order valence-electron chi connectivity index (χ2n) is 31.4. The maximum atomic E-state index is 15.5. The van der Waals surface area contributed by atoms with Gasteiger partial charge in [0.15, 0.2) is 43.5 Å². The number of rotatable bonds is 18. The molecule has 1 aromatic rings. The van der Waals surface area contributed by atoms with Crippen LogP contribution in [0.15, 0.2) is 42.0 Å². The molecule has 15 N–H and O–H groups in total. The predicted molar refractivity (Wildman–Crippen MR) is 341 cm³/mol. The van der Waals surface area contributed by atoms with Crippen LogP contribution in [0.25, 0.3) is 6.08 Å². The molecule has 31 nitrogen and oxygen atoms in total. The third-order valence-corrected chi connectivity index (χ3v) is 24.9. The number of aldehydes is 1. The summed E-state index contributed by atoms with van der Waals surface area (Å²) in [5.41, 5.74) is -2.14. The smallest absolute Gasteiger partial charge is 0.335 e. The Bertz CT molecular complexity index is 3150. The van der Waals surface area contributed by atoms with Crippen molar-refractivity contribution in [2.24, 2.45) is 56.7 Å². The predicted octanol–water partition coefficient (Wildman–Crippen LogP) is -1.78. The fourth-order valence-electron chi connectivity index (χ4n) is 19.2. The van der Waals surface area contributed by atoms with Crippen LogP contribution >= 0.6 is 0 Å². The molecule has 0 spiro atoms. The van der Waals surface area contributed by atoms with Crippen molar-refractivity contribution in [1.29, 1.82) is 0 Å². The second-order valence-corrected chi connectivity index (χ2v) is 31.4. The Morgan fingerprint density at radius 1 is 0.574 bits per heavy atom. The molecule has 0 bridgehead atoms. The number of carbonyl (C=O) groups excluding carboxylic acids is 3. The summed E-state index contributed by atoms with van der Waals surface area (Å²) >= 11 is 0. The number of methoxy groups -OCH3 is 1. The van der Waals surface area contributed by atoms with Crippen molar-refractivity contribution in [1.82, 2.24) is 0 Å². The first-order valence-electron chi connectivity index (χ1n) is 34.9. The van der Waals surface area contributed by atoms with Gasteiger partial charge in [0, 0.05) is 12.0 Å². The number of aliphatic carboxylic acids is 1. The Morgan fingerprint density at radius 3 is 1.71 bits per heavy atom. The topological polar surface area (TPSA) is 482 Å². The summed E-state index contributed by atoms with van der Waals surface area (Å²) in [5.74, 6) is -5.57. The van der Waals surface area contributed by atoms with E-state index in [2.05, 4.69) is 26.8 Å². The average molecular weight is 1440 g/mol. The number of carboxylic acids is 1. The van der Waals surface area contributed by atoms with Gasteiger partial charge < -0.3 is 138 Å². The number of allylic oxidation sites excluding steroid dienone is 2. The summed E-state index contributed by atoms with van der Waals surface area (Å²) < 4.78 is 71.9. The quantitative estimate of drug-likeness (QED) is 0.0254. The molecule has 4 saturated carbocycles. The summed E-state index contributed by atoms with van der Waals surface area (Å²) in [7, 11) is 1.50. The van der Waals surface area contributed by atoms with Crippen LogP contribution in [0.1, 0.15) is 112 Å². The highest BCUT2D eigenvalue weighted by atomic mass is 16.8. The van der Waals surface area contributed by atoms with Crippen molar-refractivity contribution in [3.05, 3.63) is 47.6 Å². The number of fused-ring (bicyclic) bond motifs is 7. The van der Waals surface area contributed by atoms with Crippen LogP contribution in [0, 0.1) is 56.7 Å². The Balaban J connectivity index is 0.853. The van der Waals surface area contributed by atoms with Gasteiger partial charge in [-0.1, -0.05) is 65.3 Å². The van der Waals surface area contributed by atoms with E-state index in [9.17, 15) is 91.0 Å². The van der Waals surface area contributed by atoms with Crippen molar-refractivity contribution in [3.63, 3.8) is 0 Å². The van der Waals surface area contributed by atoms with Gasteiger partial charge in [-0.3, -0.25) is 4.79 Å². The lowest BCUT2D eigenvalue weighted by molar-refractivity contribution is -0.388. The largest absolute Gasteiger partial charge is 0.497 e. The first-order chi connectivity index (χ1) is 47.5. The maximum absolute atomic E-state index is 15.5. The van der Waals surface area contributed by atoms with Gasteiger partial charge in [-0.2, -0.15) is 0 Å². The van der Waals surface area contributed by atoms with Gasteiger partial charge in [-0.15, -0.1) is 0 Å². The van der Waals surface area contributed by atoms with Crippen molar-refractivity contribution in [3.8, 4) is 5.75 Å². The summed E-state index contributed by atoms with van der Waals surface area (Å²) in [6.45, 7) is 13.5. The van der Waals surface area contributed by atoms with E-state index in [0.717, 1.165) is 17.9 Å². The first-order valence-corrected chi connectivity index (χ1v) is 34.9. The zero-order valence-corrected chi connectivity index (χ0v) is 57.9. The minimum atomic E-state index is -2.11. The van der Waals surface area contributed by atoms with Gasteiger partial charge in [0.05, 0.1) is 56.1 Å². The molecule has 36 atom stereocenters. The molecule has 5 aliphatic heterocycles. The molecule has 0 amide bonds. The summed E-state index contributed by atoms with van der Waals surface area (Å²) in [6, 6.07) is 6.73. The van der Waals surface area contributed by atoms with Crippen LogP contribution in [0.4, 0.5) is 0 Å². The van der Waals surface area contributed by atoms with Crippen molar-refractivity contribution < 1.29 is 153 Å². The standard InChI is InChI=1S/C70H102O31/c1-28-43(76)48(81)56(98-61-51(84)46(79)44(77)36(25-71)93-61)63(91-28)100-58-53(86)54(96-41(75)17-12-30-10-13-31(90-9)14-11-30)29(2)92-64(58)101-60(89)33-23-66(3,4)22-32-34-15-16-39-67(5)20-19-40(68(6,27-73)38(67)18-21-69(39,7)70(34,8)24-35(74)42(32)33)95-65-57(50(83)49(82)55(97-65)59(87)88)99-62-52(85)47(80)45(78)37(26-72)94-62/h10-15,17,27-29,32-33,35-40,42-58,61-65,71-72,74,76-86H,16,18-26H2,1-9H3,(H,87,88)/b17-12+/t28-,29-,32?,33?,35+,36+,37+,38?,39?,40-,42?,43-,44+,45-,46-,47-,48+,49-,50-,51+,52+,53+,54+,55-,56+,57+,58-,61-,62-,63-,64+,65+,67-,68-,69+,70+/m0/s1. The molecule has 5 aliphatic carbocycles. The summed E-state index contributed by atoms with van der Waals surface area (Å²) in [5, 5.41) is 165. The van der Waals surface area contributed by atoms with E-state index in [4.69, 9.17) is 56.8 Å². The van der Waals surface area contributed by atoms with Gasteiger partial charge in [-0.25, -0.2) is 9.59 Å². The molecule has 5 heterocycles. The fourth-order valence-corrected chi connectivity index (χ4v) is 19.2. The number of hydrogen-bond donors (Lipinski definition) is 15. The molecular formula is C70H102O31. The molecule has 1 aromatic carbocycles. The van der Waals surface area contributed by atoms with Gasteiger partial charge in [0.25, 0.3) is 0 Å². The monoisotopic (exact) mass is 1440 g/mol. The minimum absolute atomic E-state index is 0.130. The lowest BCUT2D eigenvalue weighted by atomic mass is 9.34. The van der Waals surface area contributed by atoms with Crippen LogP contribution in [0.3, 0.4) is 0 Å². The van der Waals surface area contributed by atoms with Crippen molar-refractivity contribution >= 4 is 30.3 Å². The number of carboxylic acid groups (broad SMARTS) is 1. The minimum Gasteiger partial charge on any atom is -0.497 e. The number of ether oxygens (including phenoxy) is 12. The molecule has 5 saturated heterocycles. The van der Waals surface area contributed by atoms with E-state index >= 15 is 4.79 Å². The van der Waals surface area contributed by atoms with Crippen LogP contribution in [-0.4, -0.2) is 287 Å². The van der Waals surface area contributed by atoms with Gasteiger partial charge in [-0.05, 0) is 128 Å². The number of aliphatic hydroxyl groups is 14. The zero-order valence-electron chi connectivity index (χ0n) is 57.9. The molecule has 0 aromatic heterocycles. The van der Waals surface area contributed by atoms with Crippen molar-refractivity contribution in [2.75, 3.05) is 20.3 Å². The number of esters is 2. The zero-order chi connectivity index (χ0) is 73.7. The van der Waals surface area contributed by atoms with Crippen LogP contribution < -0.4 is 4.74 Å². The van der Waals surface area contributed by atoms with E-state index in [0.29, 0.717) is 43.4 Å². The number of benzene rings is 1.